The minimum atomic E-state index is -0.961. The van der Waals surface area contributed by atoms with Crippen LogP contribution in [-0.2, 0) is 23.6 Å². The van der Waals surface area contributed by atoms with E-state index in [4.69, 9.17) is 5.73 Å². The van der Waals surface area contributed by atoms with Gasteiger partial charge in [0.1, 0.15) is 0 Å². The van der Waals surface area contributed by atoms with Gasteiger partial charge in [-0.1, -0.05) is 0 Å². The average molecular weight is 189 g/mol. The molecule has 1 atom stereocenters. The van der Waals surface area contributed by atoms with Crippen molar-refractivity contribution in [2.45, 2.75) is 5.75 Å². The van der Waals surface area contributed by atoms with Crippen LogP contribution in [0.5, 0.6) is 0 Å². The van der Waals surface area contributed by atoms with E-state index in [1.54, 1.807) is 7.05 Å². The molecule has 7 heteroatoms. The van der Waals surface area contributed by atoms with Gasteiger partial charge >= 0.3 is 0 Å². The topological polar surface area (TPSA) is 86.7 Å². The Bertz CT molecular complexity index is 273. The predicted molar refractivity (Wildman–Crippen MR) is 44.6 cm³/mol. The maximum atomic E-state index is 11.1. The Balaban J connectivity index is 2.46. The monoisotopic (exact) mass is 189 g/mol. The third-order valence-corrected chi connectivity index (χ3v) is 2.46. The van der Waals surface area contributed by atoms with Crippen molar-refractivity contribution in [1.82, 2.24) is 20.2 Å². The molecule has 1 unspecified atom stereocenters. The molecule has 0 spiro atoms. The van der Waals surface area contributed by atoms with Gasteiger partial charge in [-0.3, -0.25) is 4.21 Å². The molecule has 1 aromatic heterocycles. The van der Waals surface area contributed by atoms with Crippen LogP contribution < -0.4 is 5.73 Å². The maximum Gasteiger partial charge on any atom is 0.187 e. The van der Waals surface area contributed by atoms with Crippen LogP contribution in [0.3, 0.4) is 0 Å². The quantitative estimate of drug-likeness (QED) is 0.617. The van der Waals surface area contributed by atoms with Gasteiger partial charge in [0.25, 0.3) is 0 Å². The minimum Gasteiger partial charge on any atom is -0.330 e. The van der Waals surface area contributed by atoms with Crippen LogP contribution in [0.2, 0.25) is 0 Å². The minimum absolute atomic E-state index is 0.338. The van der Waals surface area contributed by atoms with Crippen LogP contribution in [0.1, 0.15) is 5.82 Å². The van der Waals surface area contributed by atoms with Crippen LogP contribution in [0.4, 0.5) is 0 Å². The van der Waals surface area contributed by atoms with Gasteiger partial charge in [0.2, 0.25) is 0 Å². The van der Waals surface area contributed by atoms with Crippen molar-refractivity contribution >= 4 is 10.8 Å². The molecule has 0 saturated heterocycles. The number of nitrogens with zero attached hydrogens (tertiary/aromatic N) is 4. The van der Waals surface area contributed by atoms with Crippen LogP contribution in [-0.4, -0.2) is 36.7 Å². The summed E-state index contributed by atoms with van der Waals surface area (Å²) in [7, 11) is 0.708. The highest BCUT2D eigenvalue weighted by Gasteiger charge is 2.05. The van der Waals surface area contributed by atoms with Gasteiger partial charge in [-0.15, -0.1) is 10.2 Å². The predicted octanol–water partition coefficient (Wildman–Crippen LogP) is -1.58. The summed E-state index contributed by atoms with van der Waals surface area (Å²) < 4.78 is 11.1. The number of hydrogen-bond donors (Lipinski definition) is 1. The maximum absolute atomic E-state index is 11.1. The summed E-state index contributed by atoms with van der Waals surface area (Å²) in [6.07, 6.45) is 0. The Morgan fingerprint density at radius 3 is 2.92 bits per heavy atom. The highest BCUT2D eigenvalue weighted by atomic mass is 32.2. The molecule has 2 N–H and O–H groups in total. The van der Waals surface area contributed by atoms with Crippen molar-refractivity contribution < 1.29 is 4.21 Å². The first-order valence-electron chi connectivity index (χ1n) is 3.50. The molecule has 0 saturated carbocycles. The lowest BCUT2D eigenvalue weighted by molar-refractivity contribution is 0.628. The molecule has 0 amide bonds. The third-order valence-electron chi connectivity index (χ3n) is 1.19. The molecule has 0 aliphatic rings. The molecule has 1 aromatic rings. The highest BCUT2D eigenvalue weighted by molar-refractivity contribution is 7.84. The van der Waals surface area contributed by atoms with Crippen molar-refractivity contribution in [2.24, 2.45) is 12.8 Å². The van der Waals surface area contributed by atoms with Crippen molar-refractivity contribution in [3.8, 4) is 0 Å². The van der Waals surface area contributed by atoms with Crippen LogP contribution in [0.25, 0.3) is 0 Å². The lowest BCUT2D eigenvalue weighted by Gasteiger charge is -1.93. The van der Waals surface area contributed by atoms with E-state index in [0.717, 1.165) is 0 Å². The van der Waals surface area contributed by atoms with Gasteiger partial charge in [0.15, 0.2) is 5.82 Å². The first-order chi connectivity index (χ1) is 5.72. The summed E-state index contributed by atoms with van der Waals surface area (Å²) in [5, 5.41) is 11.2. The van der Waals surface area contributed by atoms with E-state index < -0.39 is 10.8 Å². The number of aryl methyl sites for hydroxylation is 1. The van der Waals surface area contributed by atoms with Crippen molar-refractivity contribution in [1.29, 1.82) is 0 Å². The van der Waals surface area contributed by atoms with Crippen LogP contribution in [0, 0.1) is 0 Å². The van der Waals surface area contributed by atoms with Crippen molar-refractivity contribution in [3.63, 3.8) is 0 Å². The summed E-state index contributed by atoms with van der Waals surface area (Å²) >= 11 is 0. The van der Waals surface area contributed by atoms with E-state index in [9.17, 15) is 4.21 Å². The van der Waals surface area contributed by atoms with E-state index in [-0.39, 0.29) is 0 Å². The molecule has 12 heavy (non-hydrogen) atoms. The van der Waals surface area contributed by atoms with E-state index in [2.05, 4.69) is 15.4 Å². The fourth-order valence-electron chi connectivity index (χ4n) is 0.729. The summed E-state index contributed by atoms with van der Waals surface area (Å²) in [6.45, 7) is 0.423. The Hall–Kier alpha value is -0.820. The smallest absolute Gasteiger partial charge is 0.187 e. The van der Waals surface area contributed by atoms with Gasteiger partial charge in [0.05, 0.1) is 12.8 Å². The summed E-state index contributed by atoms with van der Waals surface area (Å²) in [5.41, 5.74) is 5.23. The number of hydrogen-bond acceptors (Lipinski definition) is 5. The Labute approximate surface area is 72.6 Å². The van der Waals surface area contributed by atoms with E-state index >= 15 is 0 Å². The second kappa shape index (κ2) is 4.27. The number of nitrogens with two attached hydrogens (primary N) is 1. The van der Waals surface area contributed by atoms with Gasteiger partial charge in [-0.2, -0.15) is 4.80 Å². The normalized spacial score (nSPS) is 13.2. The third kappa shape index (κ3) is 2.67. The first-order valence-corrected chi connectivity index (χ1v) is 4.99. The zero-order chi connectivity index (χ0) is 8.97. The first kappa shape index (κ1) is 9.27. The van der Waals surface area contributed by atoms with Crippen LogP contribution in [0.15, 0.2) is 0 Å². The van der Waals surface area contributed by atoms with Crippen molar-refractivity contribution in [2.75, 3.05) is 12.3 Å². The second-order valence-corrected chi connectivity index (χ2v) is 3.85. The highest BCUT2D eigenvalue weighted by Crippen LogP contribution is 1.92. The zero-order valence-corrected chi connectivity index (χ0v) is 7.62. The summed E-state index contributed by atoms with van der Waals surface area (Å²) in [6, 6.07) is 0. The molecule has 0 aliphatic carbocycles. The second-order valence-electron chi connectivity index (χ2n) is 2.27. The van der Waals surface area contributed by atoms with E-state index in [1.807, 2.05) is 0 Å². The number of tetrazole rings is 1. The fourth-order valence-corrected chi connectivity index (χ4v) is 1.54. The molecular weight excluding hydrogens is 178 g/mol. The average Bonchev–Trinajstić information content (AvgIpc) is 2.36. The number of aromatic nitrogens is 4. The lowest BCUT2D eigenvalue weighted by atomic mass is 10.7. The molecular formula is C5H11N5OS. The molecule has 68 valence electrons. The standard InChI is InChI=1S/C5H11N5OS/c1-10-8-5(7-9-10)4-12(11)3-2-6/h2-4,6H2,1H3. The van der Waals surface area contributed by atoms with Gasteiger partial charge in [-0.25, -0.2) is 0 Å². The van der Waals surface area contributed by atoms with Gasteiger partial charge in [-0.05, 0) is 5.21 Å². The Morgan fingerprint density at radius 2 is 2.42 bits per heavy atom. The number of rotatable bonds is 4. The van der Waals surface area contributed by atoms with E-state index in [1.165, 1.54) is 4.80 Å². The van der Waals surface area contributed by atoms with Gasteiger partial charge < -0.3 is 5.73 Å². The Kier molecular flexibility index (Phi) is 3.30. The molecule has 0 bridgehead atoms. The summed E-state index contributed by atoms with van der Waals surface area (Å²) in [4.78, 5) is 1.34. The summed E-state index contributed by atoms with van der Waals surface area (Å²) in [5.74, 6) is 1.33. The van der Waals surface area contributed by atoms with Gasteiger partial charge in [0, 0.05) is 23.1 Å². The largest absolute Gasteiger partial charge is 0.330 e. The van der Waals surface area contributed by atoms with Crippen LogP contribution >= 0.6 is 0 Å². The van der Waals surface area contributed by atoms with Crippen molar-refractivity contribution in [3.05, 3.63) is 5.82 Å². The fraction of sp³-hybridized carbons (Fsp3) is 0.800. The van der Waals surface area contributed by atoms with E-state index in [0.29, 0.717) is 23.9 Å². The molecule has 0 aromatic carbocycles. The Morgan fingerprint density at radius 1 is 1.67 bits per heavy atom. The lowest BCUT2D eigenvalue weighted by Crippen LogP contribution is -2.12. The molecule has 0 aliphatic heterocycles. The SMILES string of the molecule is Cn1nnc(CS(=O)CCN)n1. The molecule has 1 rings (SSSR count). The molecule has 1 heterocycles. The molecule has 0 radical (unpaired) electrons. The molecule has 0 fully saturated rings. The zero-order valence-electron chi connectivity index (χ0n) is 6.80. The molecule has 6 nitrogen and oxygen atoms in total.